The highest BCUT2D eigenvalue weighted by molar-refractivity contribution is 7.80. The van der Waals surface area contributed by atoms with E-state index in [1.807, 2.05) is 31.2 Å². The Labute approximate surface area is 105 Å². The molecule has 0 radical (unpaired) electrons. The summed E-state index contributed by atoms with van der Waals surface area (Å²) in [5.74, 6) is 0. The summed E-state index contributed by atoms with van der Waals surface area (Å²) in [5, 5.41) is 0.592. The van der Waals surface area contributed by atoms with E-state index in [0.29, 0.717) is 11.7 Å². The van der Waals surface area contributed by atoms with E-state index in [0.717, 1.165) is 4.88 Å². The maximum absolute atomic E-state index is 5.32. The van der Waals surface area contributed by atoms with E-state index in [9.17, 15) is 0 Å². The van der Waals surface area contributed by atoms with Crippen LogP contribution in [0.3, 0.4) is 0 Å². The number of rotatable bonds is 3. The third-order valence-electron chi connectivity index (χ3n) is 2.14. The van der Waals surface area contributed by atoms with Crippen molar-refractivity contribution in [2.24, 2.45) is 0 Å². The molecule has 1 heterocycles. The van der Waals surface area contributed by atoms with Crippen molar-refractivity contribution in [2.75, 3.05) is 6.61 Å². The molecule has 1 aromatic carbocycles. The molecule has 0 aliphatic carbocycles. The summed E-state index contributed by atoms with van der Waals surface area (Å²) in [4.78, 5) is 2.24. The minimum atomic E-state index is 0.592. The van der Waals surface area contributed by atoms with Gasteiger partial charge >= 0.3 is 0 Å². The first-order valence-electron chi connectivity index (χ1n) is 5.13. The van der Waals surface area contributed by atoms with Gasteiger partial charge in [0.05, 0.1) is 11.5 Å². The Bertz CT molecular complexity index is 474. The molecule has 0 saturated carbocycles. The zero-order chi connectivity index (χ0) is 11.4. The Morgan fingerprint density at radius 1 is 1.19 bits per heavy atom. The van der Waals surface area contributed by atoms with Gasteiger partial charge in [-0.1, -0.05) is 30.3 Å². The molecule has 0 unspecified atom stereocenters. The fraction of sp³-hybridized carbons (Fsp3) is 0.154. The molecule has 0 bridgehead atoms. The highest BCUT2D eigenvalue weighted by Gasteiger charge is 2.06. The second-order valence-electron chi connectivity index (χ2n) is 3.25. The van der Waals surface area contributed by atoms with Gasteiger partial charge in [0, 0.05) is 4.88 Å². The molecule has 0 spiro atoms. The van der Waals surface area contributed by atoms with Gasteiger partial charge in [0.1, 0.15) is 0 Å². The van der Waals surface area contributed by atoms with Gasteiger partial charge in [0.15, 0.2) is 0 Å². The van der Waals surface area contributed by atoms with E-state index in [4.69, 9.17) is 17.0 Å². The molecular formula is C13H12OS2. The maximum Gasteiger partial charge on any atom is 0.201 e. The molecular weight excluding hydrogens is 236 g/mol. The molecule has 0 amide bonds. The molecule has 0 fully saturated rings. The van der Waals surface area contributed by atoms with Crippen molar-refractivity contribution in [3.8, 4) is 10.4 Å². The third kappa shape index (κ3) is 2.49. The second-order valence-corrected chi connectivity index (χ2v) is 4.70. The zero-order valence-electron chi connectivity index (χ0n) is 8.97. The lowest BCUT2D eigenvalue weighted by Gasteiger charge is -2.00. The Hall–Kier alpha value is -1.19. The van der Waals surface area contributed by atoms with Crippen molar-refractivity contribution >= 4 is 28.6 Å². The van der Waals surface area contributed by atoms with Gasteiger partial charge < -0.3 is 4.74 Å². The van der Waals surface area contributed by atoms with Crippen LogP contribution < -0.4 is 0 Å². The Morgan fingerprint density at radius 3 is 2.62 bits per heavy atom. The zero-order valence-corrected chi connectivity index (χ0v) is 10.6. The van der Waals surface area contributed by atoms with Gasteiger partial charge in [-0.05, 0) is 36.8 Å². The summed E-state index contributed by atoms with van der Waals surface area (Å²) in [6, 6.07) is 14.4. The molecule has 0 N–H and O–H groups in total. The standard InChI is InChI=1S/C13H12OS2/c1-2-14-13(15)12-9-8-11(16-12)10-6-4-3-5-7-10/h3-9H,2H2,1H3. The molecule has 82 valence electrons. The highest BCUT2D eigenvalue weighted by atomic mass is 32.1. The van der Waals surface area contributed by atoms with Crippen molar-refractivity contribution in [1.29, 1.82) is 0 Å². The monoisotopic (exact) mass is 248 g/mol. The van der Waals surface area contributed by atoms with E-state index in [1.165, 1.54) is 10.4 Å². The number of ether oxygens (including phenoxy) is 1. The van der Waals surface area contributed by atoms with Crippen LogP contribution in [0, 0.1) is 0 Å². The second kappa shape index (κ2) is 5.23. The fourth-order valence-corrected chi connectivity index (χ4v) is 2.62. The minimum absolute atomic E-state index is 0.592. The van der Waals surface area contributed by atoms with Crippen LogP contribution in [0.25, 0.3) is 10.4 Å². The molecule has 16 heavy (non-hydrogen) atoms. The number of benzene rings is 1. The molecule has 0 aliphatic rings. The van der Waals surface area contributed by atoms with E-state index < -0.39 is 0 Å². The van der Waals surface area contributed by atoms with Gasteiger partial charge in [0.2, 0.25) is 5.05 Å². The van der Waals surface area contributed by atoms with Crippen molar-refractivity contribution in [1.82, 2.24) is 0 Å². The quantitative estimate of drug-likeness (QED) is 0.755. The number of hydrogen-bond acceptors (Lipinski definition) is 3. The Balaban J connectivity index is 2.23. The predicted molar refractivity (Wildman–Crippen MR) is 73.1 cm³/mol. The van der Waals surface area contributed by atoms with Crippen molar-refractivity contribution < 1.29 is 4.74 Å². The first kappa shape index (κ1) is 11.3. The lowest BCUT2D eigenvalue weighted by Crippen LogP contribution is -1.99. The third-order valence-corrected chi connectivity index (χ3v) is 3.74. The summed E-state index contributed by atoms with van der Waals surface area (Å²) in [5.41, 5.74) is 1.22. The van der Waals surface area contributed by atoms with Crippen LogP contribution in [0.2, 0.25) is 0 Å². The summed E-state index contributed by atoms with van der Waals surface area (Å²) in [7, 11) is 0. The topological polar surface area (TPSA) is 9.23 Å². The van der Waals surface area contributed by atoms with Crippen molar-refractivity contribution in [3.63, 3.8) is 0 Å². The molecule has 0 saturated heterocycles. The Morgan fingerprint density at radius 2 is 1.94 bits per heavy atom. The van der Waals surface area contributed by atoms with E-state index >= 15 is 0 Å². The largest absolute Gasteiger partial charge is 0.483 e. The summed E-state index contributed by atoms with van der Waals surface area (Å²) in [6.07, 6.45) is 0. The lowest BCUT2D eigenvalue weighted by molar-refractivity contribution is 0.338. The molecule has 0 aliphatic heterocycles. The number of thiophene rings is 1. The Kier molecular flexibility index (Phi) is 3.70. The van der Waals surface area contributed by atoms with Gasteiger partial charge in [-0.15, -0.1) is 11.3 Å². The smallest absolute Gasteiger partial charge is 0.201 e. The van der Waals surface area contributed by atoms with Crippen LogP contribution in [0.15, 0.2) is 42.5 Å². The molecule has 2 aromatic rings. The molecule has 1 nitrogen and oxygen atoms in total. The first-order chi connectivity index (χ1) is 7.81. The van der Waals surface area contributed by atoms with Crippen molar-refractivity contribution in [2.45, 2.75) is 6.92 Å². The number of hydrogen-bond donors (Lipinski definition) is 0. The van der Waals surface area contributed by atoms with Gasteiger partial charge in [-0.3, -0.25) is 0 Å². The summed E-state index contributed by atoms with van der Waals surface area (Å²) >= 11 is 6.84. The predicted octanol–water partition coefficient (Wildman–Crippen LogP) is 4.13. The molecule has 3 heteroatoms. The molecule has 1 aromatic heterocycles. The van der Waals surface area contributed by atoms with Gasteiger partial charge in [-0.25, -0.2) is 0 Å². The van der Waals surface area contributed by atoms with E-state index in [1.54, 1.807) is 11.3 Å². The summed E-state index contributed by atoms with van der Waals surface area (Å²) in [6.45, 7) is 2.56. The number of thiocarbonyl (C=S) groups is 1. The SMILES string of the molecule is CCOC(=S)c1ccc(-c2ccccc2)s1. The minimum Gasteiger partial charge on any atom is -0.483 e. The lowest BCUT2D eigenvalue weighted by atomic mass is 10.2. The normalized spacial score (nSPS) is 10.1. The van der Waals surface area contributed by atoms with Gasteiger partial charge in [-0.2, -0.15) is 0 Å². The maximum atomic E-state index is 5.32. The van der Waals surface area contributed by atoms with E-state index in [2.05, 4.69) is 18.2 Å². The first-order valence-corrected chi connectivity index (χ1v) is 6.36. The van der Waals surface area contributed by atoms with Crippen LogP contribution in [0.1, 0.15) is 11.8 Å². The van der Waals surface area contributed by atoms with Crippen LogP contribution in [0.5, 0.6) is 0 Å². The molecule has 2 rings (SSSR count). The van der Waals surface area contributed by atoms with Crippen LogP contribution >= 0.6 is 23.6 Å². The van der Waals surface area contributed by atoms with Gasteiger partial charge in [0.25, 0.3) is 0 Å². The average Bonchev–Trinajstić information content (AvgIpc) is 2.80. The van der Waals surface area contributed by atoms with E-state index in [-0.39, 0.29) is 0 Å². The van der Waals surface area contributed by atoms with Crippen LogP contribution in [-0.2, 0) is 4.74 Å². The van der Waals surface area contributed by atoms with Crippen LogP contribution in [0.4, 0.5) is 0 Å². The molecule has 0 atom stereocenters. The average molecular weight is 248 g/mol. The highest BCUT2D eigenvalue weighted by Crippen LogP contribution is 2.28. The van der Waals surface area contributed by atoms with Crippen molar-refractivity contribution in [3.05, 3.63) is 47.3 Å². The van der Waals surface area contributed by atoms with Crippen LogP contribution in [-0.4, -0.2) is 11.7 Å². The fourth-order valence-electron chi connectivity index (χ4n) is 1.41. The summed E-state index contributed by atoms with van der Waals surface area (Å²) < 4.78 is 5.32.